The lowest BCUT2D eigenvalue weighted by Gasteiger charge is -2.43. The first kappa shape index (κ1) is 15.9. The van der Waals surface area contributed by atoms with Gasteiger partial charge in [-0.3, -0.25) is 14.8 Å². The minimum Gasteiger partial charge on any atom is -0.448 e. The number of β-amino-alcohol motifs (C(OH)–C–C–N with tert-alkyl or cyclic N) is 1. The van der Waals surface area contributed by atoms with E-state index in [9.17, 15) is 9.90 Å². The van der Waals surface area contributed by atoms with Crippen molar-refractivity contribution in [1.82, 2.24) is 19.9 Å². The van der Waals surface area contributed by atoms with Crippen LogP contribution in [0.25, 0.3) is 10.6 Å². The standard InChI is InChI=1S/C17H16N4O3S/c1-17(23)8-21(9-17)16(22)13-7-24-15(20-13)4-11-2-3-12(19-5-11)14-6-18-10-25-14/h2-3,5-7,10,23H,4,8-9H2,1H3. The van der Waals surface area contributed by atoms with Crippen molar-refractivity contribution in [1.29, 1.82) is 0 Å². The summed E-state index contributed by atoms with van der Waals surface area (Å²) in [6, 6.07) is 3.89. The van der Waals surface area contributed by atoms with E-state index in [1.165, 1.54) is 17.6 Å². The van der Waals surface area contributed by atoms with Gasteiger partial charge in [0.2, 0.25) is 0 Å². The number of hydrogen-bond acceptors (Lipinski definition) is 7. The highest BCUT2D eigenvalue weighted by molar-refractivity contribution is 7.13. The summed E-state index contributed by atoms with van der Waals surface area (Å²) in [6.45, 7) is 2.34. The number of carbonyl (C=O) groups excluding carboxylic acids is 1. The summed E-state index contributed by atoms with van der Waals surface area (Å²) in [4.78, 5) is 27.5. The van der Waals surface area contributed by atoms with E-state index in [4.69, 9.17) is 4.42 Å². The van der Waals surface area contributed by atoms with Gasteiger partial charge in [-0.05, 0) is 18.6 Å². The fraction of sp³-hybridized carbons (Fsp3) is 0.294. The van der Waals surface area contributed by atoms with Crippen molar-refractivity contribution < 1.29 is 14.3 Å². The van der Waals surface area contributed by atoms with E-state index in [2.05, 4.69) is 15.0 Å². The number of nitrogens with zero attached hydrogens (tertiary/aromatic N) is 4. The predicted octanol–water partition coefficient (Wildman–Crippen LogP) is 1.99. The van der Waals surface area contributed by atoms with Gasteiger partial charge in [0.15, 0.2) is 11.6 Å². The van der Waals surface area contributed by atoms with Gasteiger partial charge in [0.1, 0.15) is 6.26 Å². The molecular formula is C17H16N4O3S. The SMILES string of the molecule is CC1(O)CN(C(=O)c2coc(Cc3ccc(-c4cncs4)nc3)n2)C1. The normalized spacial score (nSPS) is 15.8. The molecule has 0 unspecified atom stereocenters. The highest BCUT2D eigenvalue weighted by atomic mass is 32.1. The van der Waals surface area contributed by atoms with Gasteiger partial charge in [-0.2, -0.15) is 0 Å². The van der Waals surface area contributed by atoms with E-state index in [-0.39, 0.29) is 11.6 Å². The van der Waals surface area contributed by atoms with E-state index < -0.39 is 5.60 Å². The van der Waals surface area contributed by atoms with Crippen molar-refractivity contribution in [2.75, 3.05) is 13.1 Å². The van der Waals surface area contributed by atoms with E-state index in [0.29, 0.717) is 25.4 Å². The number of rotatable bonds is 4. The molecule has 3 aromatic heterocycles. The van der Waals surface area contributed by atoms with E-state index in [1.54, 1.807) is 29.7 Å². The van der Waals surface area contributed by atoms with Crippen LogP contribution in [0.5, 0.6) is 0 Å². The quantitative estimate of drug-likeness (QED) is 0.768. The molecule has 0 spiro atoms. The number of likely N-dealkylation sites (tertiary alicyclic amines) is 1. The summed E-state index contributed by atoms with van der Waals surface area (Å²) in [6.07, 6.45) is 5.38. The van der Waals surface area contributed by atoms with Gasteiger partial charge in [0.05, 0.1) is 41.2 Å². The van der Waals surface area contributed by atoms with Gasteiger partial charge in [-0.25, -0.2) is 4.98 Å². The van der Waals surface area contributed by atoms with Crippen molar-refractivity contribution in [2.24, 2.45) is 0 Å². The first-order valence-electron chi connectivity index (χ1n) is 7.80. The molecule has 7 nitrogen and oxygen atoms in total. The van der Waals surface area contributed by atoms with Crippen LogP contribution in [-0.2, 0) is 6.42 Å². The van der Waals surface area contributed by atoms with Gasteiger partial charge in [0, 0.05) is 12.4 Å². The molecule has 0 radical (unpaired) electrons. The summed E-state index contributed by atoms with van der Waals surface area (Å²) in [5, 5.41) is 9.72. The number of carbonyl (C=O) groups is 1. The molecule has 4 rings (SSSR count). The molecule has 1 saturated heterocycles. The van der Waals surface area contributed by atoms with Crippen molar-refractivity contribution in [3.8, 4) is 10.6 Å². The number of aliphatic hydroxyl groups is 1. The molecule has 4 heterocycles. The molecule has 3 aromatic rings. The third-order valence-corrected chi connectivity index (χ3v) is 4.78. The Morgan fingerprint density at radius 1 is 1.40 bits per heavy atom. The van der Waals surface area contributed by atoms with Crippen LogP contribution < -0.4 is 0 Å². The Hall–Kier alpha value is -2.58. The maximum absolute atomic E-state index is 12.2. The Morgan fingerprint density at radius 2 is 2.24 bits per heavy atom. The van der Waals surface area contributed by atoms with Crippen molar-refractivity contribution >= 4 is 17.2 Å². The van der Waals surface area contributed by atoms with E-state index in [0.717, 1.165) is 16.1 Å². The second-order valence-corrected chi connectivity index (χ2v) is 7.27. The molecule has 1 N–H and O–H groups in total. The number of oxazole rings is 1. The lowest BCUT2D eigenvalue weighted by molar-refractivity contribution is -0.0670. The molecule has 25 heavy (non-hydrogen) atoms. The number of hydrogen-bond donors (Lipinski definition) is 1. The Labute approximate surface area is 148 Å². The zero-order chi connectivity index (χ0) is 17.4. The minimum atomic E-state index is -0.798. The fourth-order valence-electron chi connectivity index (χ4n) is 2.76. The van der Waals surface area contributed by atoms with Crippen LogP contribution in [0.1, 0.15) is 28.9 Å². The van der Waals surface area contributed by atoms with Crippen LogP contribution >= 0.6 is 11.3 Å². The highest BCUT2D eigenvalue weighted by Crippen LogP contribution is 2.23. The molecule has 1 amide bonds. The largest absolute Gasteiger partial charge is 0.448 e. The number of thiazole rings is 1. The number of aromatic nitrogens is 3. The molecule has 8 heteroatoms. The average Bonchev–Trinajstić information content (AvgIpc) is 3.24. The smallest absolute Gasteiger partial charge is 0.276 e. The maximum atomic E-state index is 12.2. The molecule has 1 aliphatic rings. The first-order chi connectivity index (χ1) is 12.0. The minimum absolute atomic E-state index is 0.222. The van der Waals surface area contributed by atoms with Crippen LogP contribution in [-0.4, -0.2) is 49.6 Å². The predicted molar refractivity (Wildman–Crippen MR) is 91.2 cm³/mol. The lowest BCUT2D eigenvalue weighted by atomic mass is 9.97. The van der Waals surface area contributed by atoms with Crippen molar-refractivity contribution in [2.45, 2.75) is 18.9 Å². The second-order valence-electron chi connectivity index (χ2n) is 6.38. The summed E-state index contributed by atoms with van der Waals surface area (Å²) in [7, 11) is 0. The van der Waals surface area contributed by atoms with Gasteiger partial charge in [0.25, 0.3) is 5.91 Å². The summed E-state index contributed by atoms with van der Waals surface area (Å²) in [5.41, 5.74) is 3.06. The van der Waals surface area contributed by atoms with Crippen LogP contribution in [0.4, 0.5) is 0 Å². The molecule has 0 atom stereocenters. The topological polar surface area (TPSA) is 92.3 Å². The molecule has 0 saturated carbocycles. The second kappa shape index (κ2) is 6.05. The molecule has 128 valence electrons. The number of pyridine rings is 1. The lowest BCUT2D eigenvalue weighted by Crippen LogP contribution is -2.61. The van der Waals surface area contributed by atoms with Crippen LogP contribution in [0, 0.1) is 0 Å². The van der Waals surface area contributed by atoms with Crippen molar-refractivity contribution in [3.05, 3.63) is 53.4 Å². The van der Waals surface area contributed by atoms with Gasteiger partial charge in [-0.1, -0.05) is 6.07 Å². The Kier molecular flexibility index (Phi) is 3.85. The first-order valence-corrected chi connectivity index (χ1v) is 8.68. The van der Waals surface area contributed by atoms with Crippen LogP contribution in [0.3, 0.4) is 0 Å². The molecule has 0 bridgehead atoms. The summed E-state index contributed by atoms with van der Waals surface area (Å²) < 4.78 is 5.41. The monoisotopic (exact) mass is 356 g/mol. The Balaban J connectivity index is 1.42. The molecule has 1 fully saturated rings. The fourth-order valence-corrected chi connectivity index (χ4v) is 3.36. The van der Waals surface area contributed by atoms with E-state index >= 15 is 0 Å². The third-order valence-electron chi connectivity index (χ3n) is 3.99. The molecule has 0 aromatic carbocycles. The van der Waals surface area contributed by atoms with Gasteiger partial charge in [-0.15, -0.1) is 11.3 Å². The van der Waals surface area contributed by atoms with Crippen molar-refractivity contribution in [3.63, 3.8) is 0 Å². The Bertz CT molecular complexity index is 879. The molecule has 1 aliphatic heterocycles. The Morgan fingerprint density at radius 3 is 2.88 bits per heavy atom. The molecule has 0 aliphatic carbocycles. The van der Waals surface area contributed by atoms with E-state index in [1.807, 2.05) is 12.1 Å². The third kappa shape index (κ3) is 3.31. The zero-order valence-electron chi connectivity index (χ0n) is 13.5. The van der Waals surface area contributed by atoms with Crippen LogP contribution in [0.2, 0.25) is 0 Å². The highest BCUT2D eigenvalue weighted by Gasteiger charge is 2.40. The zero-order valence-corrected chi connectivity index (χ0v) is 14.4. The van der Waals surface area contributed by atoms with Gasteiger partial charge >= 0.3 is 0 Å². The number of amides is 1. The van der Waals surface area contributed by atoms with Crippen LogP contribution in [0.15, 0.2) is 40.7 Å². The maximum Gasteiger partial charge on any atom is 0.276 e. The summed E-state index contributed by atoms with van der Waals surface area (Å²) >= 11 is 1.54. The summed E-state index contributed by atoms with van der Waals surface area (Å²) in [5.74, 6) is 0.239. The molecular weight excluding hydrogens is 340 g/mol. The van der Waals surface area contributed by atoms with Gasteiger partial charge < -0.3 is 14.4 Å². The average molecular weight is 356 g/mol.